The van der Waals surface area contributed by atoms with Crippen molar-refractivity contribution in [2.24, 2.45) is 0 Å². The Hall–Kier alpha value is -1.24. The van der Waals surface area contributed by atoms with E-state index in [2.05, 4.69) is 11.4 Å². The lowest BCUT2D eigenvalue weighted by Gasteiger charge is -2.24. The first-order valence-corrected chi connectivity index (χ1v) is 5.71. The third-order valence-corrected chi connectivity index (χ3v) is 3.01. The normalized spacial score (nSPS) is 16.8. The van der Waals surface area contributed by atoms with Crippen LogP contribution in [0.25, 0.3) is 0 Å². The molecule has 3 nitrogen and oxygen atoms in total. The summed E-state index contributed by atoms with van der Waals surface area (Å²) in [4.78, 5) is 0. The topological polar surface area (TPSA) is 45.0 Å². The van der Waals surface area contributed by atoms with Gasteiger partial charge < -0.3 is 10.1 Å². The molecular formula is C12H13ClN2O. The highest BCUT2D eigenvalue weighted by atomic mass is 35.5. The molecule has 1 aliphatic heterocycles. The summed E-state index contributed by atoms with van der Waals surface area (Å²) in [6.07, 6.45) is 1.96. The summed E-state index contributed by atoms with van der Waals surface area (Å²) in [6.45, 7) is 1.57. The Morgan fingerprint density at radius 3 is 2.81 bits per heavy atom. The fourth-order valence-corrected chi connectivity index (χ4v) is 1.94. The van der Waals surface area contributed by atoms with Gasteiger partial charge in [-0.15, -0.1) is 0 Å². The maximum absolute atomic E-state index is 8.82. The lowest BCUT2D eigenvalue weighted by molar-refractivity contribution is 0.0904. The average Bonchev–Trinajstić information content (AvgIpc) is 2.33. The molecule has 1 aromatic rings. The SMILES string of the molecule is N#Cc1ccc(Cl)c(NC2CCOCC2)c1. The summed E-state index contributed by atoms with van der Waals surface area (Å²) < 4.78 is 5.29. The molecule has 0 atom stereocenters. The second-order valence-corrected chi connectivity index (χ2v) is 4.24. The molecule has 0 spiro atoms. The van der Waals surface area contributed by atoms with E-state index in [1.807, 2.05) is 0 Å². The highest BCUT2D eigenvalue weighted by Gasteiger charge is 2.14. The number of rotatable bonds is 2. The van der Waals surface area contributed by atoms with Crippen molar-refractivity contribution in [3.8, 4) is 6.07 Å². The predicted octanol–water partition coefficient (Wildman–Crippen LogP) is 2.80. The first kappa shape index (κ1) is 11.3. The molecule has 1 aromatic carbocycles. The molecule has 0 radical (unpaired) electrons. The largest absolute Gasteiger partial charge is 0.381 e. The zero-order chi connectivity index (χ0) is 11.4. The van der Waals surface area contributed by atoms with Crippen LogP contribution in [0.5, 0.6) is 0 Å². The molecule has 0 saturated carbocycles. The fourth-order valence-electron chi connectivity index (χ4n) is 1.77. The molecule has 4 heteroatoms. The van der Waals surface area contributed by atoms with Crippen molar-refractivity contribution in [3.63, 3.8) is 0 Å². The van der Waals surface area contributed by atoms with E-state index in [-0.39, 0.29) is 0 Å². The molecule has 1 saturated heterocycles. The number of nitrogens with one attached hydrogen (secondary N) is 1. The summed E-state index contributed by atoms with van der Waals surface area (Å²) in [7, 11) is 0. The molecule has 0 amide bonds. The molecule has 0 unspecified atom stereocenters. The number of nitriles is 1. The maximum atomic E-state index is 8.82. The van der Waals surface area contributed by atoms with E-state index in [0.29, 0.717) is 16.6 Å². The van der Waals surface area contributed by atoms with Gasteiger partial charge in [-0.3, -0.25) is 0 Å². The van der Waals surface area contributed by atoms with Crippen LogP contribution in [0.1, 0.15) is 18.4 Å². The number of benzene rings is 1. The minimum Gasteiger partial charge on any atom is -0.381 e. The van der Waals surface area contributed by atoms with Crippen LogP contribution in [0.3, 0.4) is 0 Å². The number of hydrogen-bond acceptors (Lipinski definition) is 3. The number of anilines is 1. The standard InChI is InChI=1S/C12H13ClN2O/c13-11-2-1-9(8-14)7-12(11)15-10-3-5-16-6-4-10/h1-2,7,10,15H,3-6H2. The Bertz CT molecular complexity index is 408. The van der Waals surface area contributed by atoms with E-state index >= 15 is 0 Å². The third kappa shape index (κ3) is 2.66. The fraction of sp³-hybridized carbons (Fsp3) is 0.417. The highest BCUT2D eigenvalue weighted by molar-refractivity contribution is 6.33. The van der Waals surface area contributed by atoms with Crippen LogP contribution in [0, 0.1) is 11.3 Å². The van der Waals surface area contributed by atoms with Crippen molar-refractivity contribution in [1.82, 2.24) is 0 Å². The first-order valence-electron chi connectivity index (χ1n) is 5.33. The Morgan fingerprint density at radius 1 is 1.38 bits per heavy atom. The van der Waals surface area contributed by atoms with Crippen LogP contribution in [-0.4, -0.2) is 19.3 Å². The van der Waals surface area contributed by atoms with Crippen LogP contribution < -0.4 is 5.32 Å². The van der Waals surface area contributed by atoms with E-state index in [4.69, 9.17) is 21.6 Å². The Balaban J connectivity index is 2.10. The van der Waals surface area contributed by atoms with Gasteiger partial charge in [-0.05, 0) is 31.0 Å². The Labute approximate surface area is 100.0 Å². The van der Waals surface area contributed by atoms with Gasteiger partial charge in [-0.2, -0.15) is 5.26 Å². The molecule has 0 aromatic heterocycles. The molecule has 1 heterocycles. The zero-order valence-electron chi connectivity index (χ0n) is 8.87. The molecule has 1 N–H and O–H groups in total. The number of halogens is 1. The van der Waals surface area contributed by atoms with E-state index in [1.54, 1.807) is 18.2 Å². The van der Waals surface area contributed by atoms with Crippen LogP contribution in [0.2, 0.25) is 5.02 Å². The predicted molar refractivity (Wildman–Crippen MR) is 63.6 cm³/mol. The summed E-state index contributed by atoms with van der Waals surface area (Å²) >= 11 is 6.07. The highest BCUT2D eigenvalue weighted by Crippen LogP contribution is 2.25. The molecule has 1 fully saturated rings. The smallest absolute Gasteiger partial charge is 0.0992 e. The minimum atomic E-state index is 0.389. The Kier molecular flexibility index (Phi) is 3.66. The van der Waals surface area contributed by atoms with Crippen molar-refractivity contribution in [1.29, 1.82) is 5.26 Å². The number of nitrogens with zero attached hydrogens (tertiary/aromatic N) is 1. The van der Waals surface area contributed by atoms with Gasteiger partial charge in [0.15, 0.2) is 0 Å². The first-order chi connectivity index (χ1) is 7.79. The van der Waals surface area contributed by atoms with Gasteiger partial charge in [0.1, 0.15) is 0 Å². The van der Waals surface area contributed by atoms with Crippen molar-refractivity contribution in [2.45, 2.75) is 18.9 Å². The molecular weight excluding hydrogens is 224 g/mol. The van der Waals surface area contributed by atoms with Gasteiger partial charge >= 0.3 is 0 Å². The van der Waals surface area contributed by atoms with E-state index in [9.17, 15) is 0 Å². The van der Waals surface area contributed by atoms with Gasteiger partial charge in [-0.1, -0.05) is 11.6 Å². The summed E-state index contributed by atoms with van der Waals surface area (Å²) in [6, 6.07) is 7.76. The third-order valence-electron chi connectivity index (χ3n) is 2.68. The summed E-state index contributed by atoms with van der Waals surface area (Å²) in [5.41, 5.74) is 1.46. The number of ether oxygens (including phenoxy) is 1. The van der Waals surface area contributed by atoms with Crippen LogP contribution >= 0.6 is 11.6 Å². The minimum absolute atomic E-state index is 0.389. The van der Waals surface area contributed by atoms with E-state index in [0.717, 1.165) is 31.7 Å². The molecule has 0 aliphatic carbocycles. The van der Waals surface area contributed by atoms with Gasteiger partial charge in [0.25, 0.3) is 0 Å². The second-order valence-electron chi connectivity index (χ2n) is 3.84. The van der Waals surface area contributed by atoms with Gasteiger partial charge in [0.2, 0.25) is 0 Å². The molecule has 84 valence electrons. The lowest BCUT2D eigenvalue weighted by atomic mass is 10.1. The number of hydrogen-bond donors (Lipinski definition) is 1. The summed E-state index contributed by atoms with van der Waals surface area (Å²) in [5.74, 6) is 0. The second kappa shape index (κ2) is 5.20. The Morgan fingerprint density at radius 2 is 2.12 bits per heavy atom. The van der Waals surface area contributed by atoms with Crippen molar-refractivity contribution in [2.75, 3.05) is 18.5 Å². The van der Waals surface area contributed by atoms with Gasteiger partial charge in [0, 0.05) is 19.3 Å². The molecule has 0 bridgehead atoms. The summed E-state index contributed by atoms with van der Waals surface area (Å²) in [5, 5.41) is 12.8. The van der Waals surface area contributed by atoms with Crippen LogP contribution in [-0.2, 0) is 4.74 Å². The molecule has 2 rings (SSSR count). The van der Waals surface area contributed by atoms with Gasteiger partial charge in [0.05, 0.1) is 22.3 Å². The quantitative estimate of drug-likeness (QED) is 0.859. The molecule has 16 heavy (non-hydrogen) atoms. The van der Waals surface area contributed by atoms with Crippen molar-refractivity contribution in [3.05, 3.63) is 28.8 Å². The zero-order valence-corrected chi connectivity index (χ0v) is 9.63. The van der Waals surface area contributed by atoms with Crippen molar-refractivity contribution >= 4 is 17.3 Å². The monoisotopic (exact) mass is 236 g/mol. The average molecular weight is 237 g/mol. The van der Waals surface area contributed by atoms with E-state index in [1.165, 1.54) is 0 Å². The van der Waals surface area contributed by atoms with Crippen LogP contribution in [0.4, 0.5) is 5.69 Å². The van der Waals surface area contributed by atoms with E-state index < -0.39 is 0 Å². The maximum Gasteiger partial charge on any atom is 0.0992 e. The lowest BCUT2D eigenvalue weighted by Crippen LogP contribution is -2.27. The molecule has 1 aliphatic rings. The van der Waals surface area contributed by atoms with Crippen molar-refractivity contribution < 1.29 is 4.74 Å². The van der Waals surface area contributed by atoms with Gasteiger partial charge in [-0.25, -0.2) is 0 Å². The van der Waals surface area contributed by atoms with Crippen LogP contribution in [0.15, 0.2) is 18.2 Å².